The molecule has 96 valence electrons. The molecule has 0 saturated carbocycles. The molecule has 1 aliphatic heterocycles. The standard InChI is InChI=1S/C15H20N2O/c18-15(14-7-3-4-10-16-14)17-13-9-8-11-5-1-2-6-12(11)13/h1-2,5-6,13-14,16H,3-4,7-10H2,(H,17,18). The topological polar surface area (TPSA) is 41.1 Å². The molecule has 2 atom stereocenters. The highest BCUT2D eigenvalue weighted by Crippen LogP contribution is 2.30. The number of piperidine rings is 1. The van der Waals surface area contributed by atoms with E-state index < -0.39 is 0 Å². The summed E-state index contributed by atoms with van der Waals surface area (Å²) in [5.74, 6) is 0.177. The van der Waals surface area contributed by atoms with Gasteiger partial charge in [-0.25, -0.2) is 0 Å². The molecule has 2 unspecified atom stereocenters. The first kappa shape index (κ1) is 11.7. The van der Waals surface area contributed by atoms with Gasteiger partial charge in [-0.1, -0.05) is 30.7 Å². The summed E-state index contributed by atoms with van der Waals surface area (Å²) < 4.78 is 0. The Bertz CT molecular complexity index is 438. The van der Waals surface area contributed by atoms with Crippen LogP contribution in [0.2, 0.25) is 0 Å². The minimum Gasteiger partial charge on any atom is -0.348 e. The molecule has 1 aromatic carbocycles. The molecular formula is C15H20N2O. The first-order chi connectivity index (χ1) is 8.84. The van der Waals surface area contributed by atoms with Crippen LogP contribution in [0.5, 0.6) is 0 Å². The molecular weight excluding hydrogens is 224 g/mol. The fraction of sp³-hybridized carbons (Fsp3) is 0.533. The maximum Gasteiger partial charge on any atom is 0.237 e. The fourth-order valence-electron chi connectivity index (χ4n) is 3.05. The number of carbonyl (C=O) groups is 1. The molecule has 2 N–H and O–H groups in total. The van der Waals surface area contributed by atoms with Crippen LogP contribution in [0.25, 0.3) is 0 Å². The Hall–Kier alpha value is -1.35. The maximum atomic E-state index is 12.2. The number of benzene rings is 1. The molecule has 3 rings (SSSR count). The van der Waals surface area contributed by atoms with Crippen molar-refractivity contribution in [3.63, 3.8) is 0 Å². The lowest BCUT2D eigenvalue weighted by atomic mass is 10.0. The predicted octanol–water partition coefficient (Wildman–Crippen LogP) is 1.93. The minimum absolute atomic E-state index is 0.0199. The quantitative estimate of drug-likeness (QED) is 0.834. The van der Waals surface area contributed by atoms with Gasteiger partial charge in [0.2, 0.25) is 5.91 Å². The Morgan fingerprint density at radius 3 is 2.94 bits per heavy atom. The minimum atomic E-state index is 0.0199. The molecule has 0 aromatic heterocycles. The van der Waals surface area contributed by atoms with E-state index in [2.05, 4.69) is 34.9 Å². The van der Waals surface area contributed by atoms with Crippen molar-refractivity contribution in [3.05, 3.63) is 35.4 Å². The molecule has 1 aliphatic carbocycles. The number of hydrogen-bond donors (Lipinski definition) is 2. The number of nitrogens with one attached hydrogen (secondary N) is 2. The lowest BCUT2D eigenvalue weighted by Crippen LogP contribution is -2.47. The third-order valence-corrected chi connectivity index (χ3v) is 4.08. The molecule has 3 heteroatoms. The molecule has 0 radical (unpaired) electrons. The number of carbonyl (C=O) groups excluding carboxylic acids is 1. The molecule has 1 fully saturated rings. The molecule has 0 spiro atoms. The smallest absolute Gasteiger partial charge is 0.237 e. The SMILES string of the molecule is O=C(NC1CCc2ccccc21)C1CCCCN1. The third kappa shape index (κ3) is 2.27. The van der Waals surface area contributed by atoms with Crippen LogP contribution in [0.3, 0.4) is 0 Å². The van der Waals surface area contributed by atoms with Crippen molar-refractivity contribution < 1.29 is 4.79 Å². The first-order valence-electron chi connectivity index (χ1n) is 6.96. The van der Waals surface area contributed by atoms with Gasteiger partial charge in [0.05, 0.1) is 12.1 Å². The second kappa shape index (κ2) is 5.11. The van der Waals surface area contributed by atoms with Gasteiger partial charge in [0.25, 0.3) is 0 Å². The monoisotopic (exact) mass is 244 g/mol. The first-order valence-corrected chi connectivity index (χ1v) is 6.96. The number of rotatable bonds is 2. The average Bonchev–Trinajstić information content (AvgIpc) is 2.83. The number of aryl methyl sites for hydroxylation is 1. The Balaban J connectivity index is 1.65. The second-order valence-corrected chi connectivity index (χ2v) is 5.30. The summed E-state index contributed by atoms with van der Waals surface area (Å²) in [4.78, 5) is 12.2. The van der Waals surface area contributed by atoms with Crippen molar-refractivity contribution in [2.24, 2.45) is 0 Å². The average molecular weight is 244 g/mol. The molecule has 1 aromatic rings. The normalized spacial score (nSPS) is 26.7. The summed E-state index contributed by atoms with van der Waals surface area (Å²) in [6.45, 7) is 0.972. The highest BCUT2D eigenvalue weighted by atomic mass is 16.2. The van der Waals surface area contributed by atoms with Gasteiger partial charge in [0.1, 0.15) is 0 Å². The van der Waals surface area contributed by atoms with E-state index in [-0.39, 0.29) is 18.0 Å². The summed E-state index contributed by atoms with van der Waals surface area (Å²) in [5.41, 5.74) is 2.70. The van der Waals surface area contributed by atoms with Crippen LogP contribution in [0.4, 0.5) is 0 Å². The molecule has 3 nitrogen and oxygen atoms in total. The van der Waals surface area contributed by atoms with Crippen LogP contribution in [-0.2, 0) is 11.2 Å². The van der Waals surface area contributed by atoms with Gasteiger partial charge in [-0.2, -0.15) is 0 Å². The van der Waals surface area contributed by atoms with Gasteiger partial charge in [0.15, 0.2) is 0 Å². The summed E-state index contributed by atoms with van der Waals surface area (Å²) >= 11 is 0. The van der Waals surface area contributed by atoms with Crippen LogP contribution in [0.15, 0.2) is 24.3 Å². The Morgan fingerprint density at radius 2 is 2.11 bits per heavy atom. The van der Waals surface area contributed by atoms with Gasteiger partial charge >= 0.3 is 0 Å². The van der Waals surface area contributed by atoms with Crippen LogP contribution < -0.4 is 10.6 Å². The molecule has 1 heterocycles. The highest BCUT2D eigenvalue weighted by molar-refractivity contribution is 5.82. The van der Waals surface area contributed by atoms with Crippen molar-refractivity contribution in [2.75, 3.05) is 6.54 Å². The van der Waals surface area contributed by atoms with Crippen molar-refractivity contribution in [1.82, 2.24) is 10.6 Å². The van der Waals surface area contributed by atoms with Gasteiger partial charge < -0.3 is 10.6 Å². The van der Waals surface area contributed by atoms with Gasteiger partial charge in [-0.15, -0.1) is 0 Å². The van der Waals surface area contributed by atoms with Gasteiger partial charge in [-0.3, -0.25) is 4.79 Å². The van der Waals surface area contributed by atoms with Crippen molar-refractivity contribution in [1.29, 1.82) is 0 Å². The van der Waals surface area contributed by atoms with E-state index in [0.29, 0.717) is 0 Å². The van der Waals surface area contributed by atoms with E-state index in [4.69, 9.17) is 0 Å². The highest BCUT2D eigenvalue weighted by Gasteiger charge is 2.27. The van der Waals surface area contributed by atoms with Crippen LogP contribution in [0, 0.1) is 0 Å². The fourth-order valence-corrected chi connectivity index (χ4v) is 3.05. The van der Waals surface area contributed by atoms with E-state index in [1.807, 2.05) is 0 Å². The zero-order chi connectivity index (χ0) is 12.4. The van der Waals surface area contributed by atoms with Crippen LogP contribution >= 0.6 is 0 Å². The van der Waals surface area contributed by atoms with Crippen LogP contribution in [0.1, 0.15) is 42.9 Å². The molecule has 1 saturated heterocycles. The lowest BCUT2D eigenvalue weighted by molar-refractivity contribution is -0.124. The zero-order valence-electron chi connectivity index (χ0n) is 10.6. The van der Waals surface area contributed by atoms with Gasteiger partial charge in [-0.05, 0) is 43.4 Å². The van der Waals surface area contributed by atoms with E-state index in [1.54, 1.807) is 0 Å². The van der Waals surface area contributed by atoms with E-state index in [9.17, 15) is 4.79 Å². The predicted molar refractivity (Wildman–Crippen MR) is 71.3 cm³/mol. The third-order valence-electron chi connectivity index (χ3n) is 4.08. The molecule has 0 bridgehead atoms. The van der Waals surface area contributed by atoms with E-state index in [0.717, 1.165) is 32.2 Å². The Kier molecular flexibility index (Phi) is 3.33. The number of fused-ring (bicyclic) bond motifs is 1. The maximum absolute atomic E-state index is 12.2. The van der Waals surface area contributed by atoms with Crippen LogP contribution in [-0.4, -0.2) is 18.5 Å². The van der Waals surface area contributed by atoms with Crippen molar-refractivity contribution in [3.8, 4) is 0 Å². The molecule has 18 heavy (non-hydrogen) atoms. The summed E-state index contributed by atoms with van der Waals surface area (Å²) in [7, 11) is 0. The number of hydrogen-bond acceptors (Lipinski definition) is 2. The largest absolute Gasteiger partial charge is 0.348 e. The summed E-state index contributed by atoms with van der Waals surface area (Å²) in [6, 6.07) is 8.68. The summed E-state index contributed by atoms with van der Waals surface area (Å²) in [6.07, 6.45) is 5.44. The van der Waals surface area contributed by atoms with Crippen molar-refractivity contribution in [2.45, 2.75) is 44.2 Å². The molecule has 1 amide bonds. The summed E-state index contributed by atoms with van der Waals surface area (Å²) in [5, 5.41) is 6.51. The van der Waals surface area contributed by atoms with Gasteiger partial charge in [0, 0.05) is 0 Å². The Labute approximate surface area is 108 Å². The lowest BCUT2D eigenvalue weighted by Gasteiger charge is -2.24. The zero-order valence-corrected chi connectivity index (χ0v) is 10.6. The Morgan fingerprint density at radius 1 is 1.22 bits per heavy atom. The number of amides is 1. The van der Waals surface area contributed by atoms with E-state index in [1.165, 1.54) is 17.5 Å². The molecule has 2 aliphatic rings. The van der Waals surface area contributed by atoms with Crippen molar-refractivity contribution >= 4 is 5.91 Å². The second-order valence-electron chi connectivity index (χ2n) is 5.30. The van der Waals surface area contributed by atoms with E-state index >= 15 is 0 Å².